The third kappa shape index (κ3) is 3.50. The molecule has 124 valence electrons. The summed E-state index contributed by atoms with van der Waals surface area (Å²) in [6, 6.07) is -0.324. The van der Waals surface area contributed by atoms with E-state index in [1.54, 1.807) is 27.8 Å². The van der Waals surface area contributed by atoms with Gasteiger partial charge in [0.2, 0.25) is 15.9 Å². The van der Waals surface area contributed by atoms with Crippen molar-refractivity contribution >= 4 is 16.1 Å². The van der Waals surface area contributed by atoms with E-state index in [4.69, 9.17) is 14.6 Å². The molecule has 22 heavy (non-hydrogen) atoms. The maximum atomic E-state index is 12.0. The minimum absolute atomic E-state index is 0.0938. The van der Waals surface area contributed by atoms with Crippen LogP contribution in [0.15, 0.2) is 11.1 Å². The average molecular weight is 332 g/mol. The fraction of sp³-hybridized carbons (Fsp3) is 0.667. The van der Waals surface area contributed by atoms with Crippen molar-refractivity contribution in [3.05, 3.63) is 6.20 Å². The molecule has 1 aromatic rings. The van der Waals surface area contributed by atoms with Crippen LogP contribution in [0.5, 0.6) is 5.88 Å². The van der Waals surface area contributed by atoms with E-state index in [0.717, 1.165) is 6.20 Å². The van der Waals surface area contributed by atoms with E-state index in [1.807, 2.05) is 0 Å². The van der Waals surface area contributed by atoms with Crippen molar-refractivity contribution in [2.24, 2.45) is 5.14 Å². The second-order valence-electron chi connectivity index (χ2n) is 6.10. The van der Waals surface area contributed by atoms with Crippen LogP contribution in [0.1, 0.15) is 20.8 Å². The largest absolute Gasteiger partial charge is 0.475 e. The molecule has 1 aliphatic heterocycles. The summed E-state index contributed by atoms with van der Waals surface area (Å²) in [7, 11) is -2.30. The first-order chi connectivity index (χ1) is 9.99. The molecule has 9 nitrogen and oxygen atoms in total. The maximum Gasteiger partial charge on any atom is 0.410 e. The second-order valence-corrected chi connectivity index (χ2v) is 7.63. The maximum absolute atomic E-state index is 12.0. The highest BCUT2D eigenvalue weighted by molar-refractivity contribution is 7.89. The molecule has 0 unspecified atom stereocenters. The number of sulfonamides is 1. The van der Waals surface area contributed by atoms with Gasteiger partial charge in [0.05, 0.1) is 18.8 Å². The fourth-order valence-corrected chi connectivity index (χ4v) is 2.57. The standard InChI is InChI=1S/C12H20N4O5S/c1-12(2,3)21-11(17)15(4)8-6-16-10(20-7-8)9(5-14-16)22(13,18)19/h5,8H,6-7H2,1-4H3,(H2,13,18,19)/t8-/m0/s1. The predicted octanol–water partition coefficient (Wildman–Crippen LogP) is 0.158. The first kappa shape index (κ1) is 16.6. The highest BCUT2D eigenvalue weighted by Gasteiger charge is 2.32. The summed E-state index contributed by atoms with van der Waals surface area (Å²) in [5, 5.41) is 9.04. The van der Waals surface area contributed by atoms with E-state index in [1.165, 1.54) is 9.58 Å². The summed E-state index contributed by atoms with van der Waals surface area (Å²) in [4.78, 5) is 13.3. The molecule has 2 heterocycles. The Labute approximate surface area is 129 Å². The number of primary sulfonamides is 1. The number of likely N-dealkylation sites (N-methyl/N-ethyl adjacent to an activating group) is 1. The molecule has 0 spiro atoms. The van der Waals surface area contributed by atoms with Gasteiger partial charge in [-0.1, -0.05) is 0 Å². The Balaban J connectivity index is 2.13. The van der Waals surface area contributed by atoms with E-state index in [9.17, 15) is 13.2 Å². The molecule has 0 radical (unpaired) electrons. The molecule has 0 bridgehead atoms. The monoisotopic (exact) mass is 332 g/mol. The fourth-order valence-electron chi connectivity index (χ4n) is 1.97. The summed E-state index contributed by atoms with van der Waals surface area (Å²) >= 11 is 0. The predicted molar refractivity (Wildman–Crippen MR) is 76.9 cm³/mol. The molecule has 0 saturated heterocycles. The van der Waals surface area contributed by atoms with Crippen LogP contribution in [-0.2, 0) is 21.3 Å². The summed E-state index contributed by atoms with van der Waals surface area (Å²) in [6.45, 7) is 5.75. The van der Waals surface area contributed by atoms with Crippen molar-refractivity contribution in [3.8, 4) is 5.88 Å². The lowest BCUT2D eigenvalue weighted by Crippen LogP contribution is -2.47. The third-order valence-electron chi connectivity index (χ3n) is 3.09. The SMILES string of the molecule is CN(C(=O)OC(C)(C)C)[C@@H]1COc2c(S(N)(=O)=O)cnn2C1. The van der Waals surface area contributed by atoms with Gasteiger partial charge in [-0.2, -0.15) is 5.10 Å². The minimum Gasteiger partial charge on any atom is -0.475 e. The topological polar surface area (TPSA) is 117 Å². The van der Waals surface area contributed by atoms with Gasteiger partial charge in [-0.05, 0) is 20.8 Å². The van der Waals surface area contributed by atoms with E-state index in [0.29, 0.717) is 6.54 Å². The molecule has 2 rings (SSSR count). The van der Waals surface area contributed by atoms with Gasteiger partial charge in [-0.15, -0.1) is 0 Å². The van der Waals surface area contributed by atoms with Crippen molar-refractivity contribution in [2.45, 2.75) is 43.9 Å². The van der Waals surface area contributed by atoms with Crippen LogP contribution < -0.4 is 9.88 Å². The van der Waals surface area contributed by atoms with Gasteiger partial charge < -0.3 is 14.4 Å². The number of nitrogens with zero attached hydrogens (tertiary/aromatic N) is 3. The van der Waals surface area contributed by atoms with Gasteiger partial charge >= 0.3 is 6.09 Å². The van der Waals surface area contributed by atoms with Gasteiger partial charge in [-0.3, -0.25) is 0 Å². The van der Waals surface area contributed by atoms with Crippen molar-refractivity contribution in [1.82, 2.24) is 14.7 Å². The Morgan fingerprint density at radius 3 is 2.73 bits per heavy atom. The zero-order valence-corrected chi connectivity index (χ0v) is 13.8. The number of ether oxygens (including phenoxy) is 2. The van der Waals surface area contributed by atoms with E-state index in [2.05, 4.69) is 5.10 Å². The lowest BCUT2D eigenvalue weighted by atomic mass is 10.2. The Morgan fingerprint density at radius 1 is 1.55 bits per heavy atom. The van der Waals surface area contributed by atoms with Crippen LogP contribution >= 0.6 is 0 Å². The van der Waals surface area contributed by atoms with Crippen LogP contribution in [-0.4, -0.2) is 54.5 Å². The van der Waals surface area contributed by atoms with Gasteiger partial charge in [0.15, 0.2) is 4.90 Å². The lowest BCUT2D eigenvalue weighted by Gasteiger charge is -2.33. The molecule has 0 fully saturated rings. The quantitative estimate of drug-likeness (QED) is 0.824. The Kier molecular flexibility index (Phi) is 4.09. The van der Waals surface area contributed by atoms with Gasteiger partial charge in [0.25, 0.3) is 0 Å². The number of aromatic nitrogens is 2. The zero-order valence-electron chi connectivity index (χ0n) is 12.9. The number of nitrogens with two attached hydrogens (primary N) is 1. The zero-order chi connectivity index (χ0) is 16.7. The Morgan fingerprint density at radius 2 is 2.18 bits per heavy atom. The smallest absolute Gasteiger partial charge is 0.410 e. The molecule has 10 heteroatoms. The average Bonchev–Trinajstić information content (AvgIpc) is 2.78. The molecular weight excluding hydrogens is 312 g/mol. The minimum atomic E-state index is -3.89. The number of rotatable bonds is 2. The van der Waals surface area contributed by atoms with Crippen LogP contribution in [0.3, 0.4) is 0 Å². The molecule has 1 amide bonds. The normalized spacial score (nSPS) is 18.3. The Hall–Kier alpha value is -1.81. The third-order valence-corrected chi connectivity index (χ3v) is 3.98. The summed E-state index contributed by atoms with van der Waals surface area (Å²) < 4.78 is 34.9. The van der Waals surface area contributed by atoms with E-state index >= 15 is 0 Å². The first-order valence-corrected chi connectivity index (χ1v) is 8.21. The number of amides is 1. The van der Waals surface area contributed by atoms with Crippen molar-refractivity contribution in [1.29, 1.82) is 0 Å². The number of carbonyl (C=O) groups excluding carboxylic acids is 1. The molecule has 0 aromatic carbocycles. The highest BCUT2D eigenvalue weighted by atomic mass is 32.2. The molecule has 1 aromatic heterocycles. The molecule has 0 saturated carbocycles. The first-order valence-electron chi connectivity index (χ1n) is 6.66. The molecule has 2 N–H and O–H groups in total. The number of hydrogen-bond acceptors (Lipinski definition) is 6. The summed E-state index contributed by atoms with van der Waals surface area (Å²) in [5.74, 6) is 0.0938. The lowest BCUT2D eigenvalue weighted by molar-refractivity contribution is 0.0101. The molecular formula is C12H20N4O5S. The van der Waals surface area contributed by atoms with Crippen LogP contribution in [0.25, 0.3) is 0 Å². The summed E-state index contributed by atoms with van der Waals surface area (Å²) in [5.41, 5.74) is -0.599. The number of carbonyl (C=O) groups is 1. The van der Waals surface area contributed by atoms with Crippen molar-refractivity contribution < 1.29 is 22.7 Å². The summed E-state index contributed by atoms with van der Waals surface area (Å²) in [6.07, 6.45) is 0.656. The second kappa shape index (κ2) is 5.43. The Bertz CT molecular complexity index is 676. The number of hydrogen-bond donors (Lipinski definition) is 1. The van der Waals surface area contributed by atoms with Crippen molar-refractivity contribution in [2.75, 3.05) is 13.7 Å². The van der Waals surface area contributed by atoms with Crippen LogP contribution in [0, 0.1) is 0 Å². The highest BCUT2D eigenvalue weighted by Crippen LogP contribution is 2.27. The van der Waals surface area contributed by atoms with E-state index < -0.39 is 21.7 Å². The van der Waals surface area contributed by atoms with Crippen molar-refractivity contribution in [3.63, 3.8) is 0 Å². The van der Waals surface area contributed by atoms with Crippen LogP contribution in [0.2, 0.25) is 0 Å². The van der Waals surface area contributed by atoms with Gasteiger partial charge in [0.1, 0.15) is 12.2 Å². The molecule has 0 aliphatic carbocycles. The molecule has 1 aliphatic rings. The van der Waals surface area contributed by atoms with E-state index in [-0.39, 0.29) is 23.4 Å². The van der Waals surface area contributed by atoms with Gasteiger partial charge in [-0.25, -0.2) is 23.0 Å². The molecule has 1 atom stereocenters. The van der Waals surface area contributed by atoms with Crippen LogP contribution in [0.4, 0.5) is 4.79 Å². The van der Waals surface area contributed by atoms with Gasteiger partial charge in [0, 0.05) is 7.05 Å². The number of fused-ring (bicyclic) bond motifs is 1.